The molecule has 27 heavy (non-hydrogen) atoms. The number of amides is 1. The number of hydrogen-bond acceptors (Lipinski definition) is 5. The fraction of sp³-hybridized carbons (Fsp3) is 0.400. The van der Waals surface area contributed by atoms with Gasteiger partial charge >= 0.3 is 0 Å². The summed E-state index contributed by atoms with van der Waals surface area (Å²) in [5.41, 5.74) is 2.66. The fourth-order valence-electron chi connectivity index (χ4n) is 4.65. The van der Waals surface area contributed by atoms with Gasteiger partial charge in [-0.2, -0.15) is 5.10 Å². The minimum atomic E-state index is -0.405. The first kappa shape index (κ1) is 16.2. The number of hydrogen-bond donors (Lipinski definition) is 0. The molecule has 0 saturated carbocycles. The van der Waals surface area contributed by atoms with Crippen molar-refractivity contribution in [3.63, 3.8) is 0 Å². The first-order valence-corrected chi connectivity index (χ1v) is 9.30. The van der Waals surface area contributed by atoms with Crippen molar-refractivity contribution < 1.29 is 4.79 Å². The summed E-state index contributed by atoms with van der Waals surface area (Å²) < 4.78 is 1.78. The van der Waals surface area contributed by atoms with Crippen LogP contribution in [-0.2, 0) is 17.3 Å². The first-order valence-electron chi connectivity index (χ1n) is 9.30. The van der Waals surface area contributed by atoms with Crippen molar-refractivity contribution in [2.24, 2.45) is 7.05 Å². The van der Waals surface area contributed by atoms with Crippen molar-refractivity contribution in [3.8, 4) is 0 Å². The Labute approximate surface area is 157 Å². The van der Waals surface area contributed by atoms with Crippen molar-refractivity contribution in [2.45, 2.75) is 25.2 Å². The lowest BCUT2D eigenvalue weighted by molar-refractivity contribution is -0.123. The highest BCUT2D eigenvalue weighted by atomic mass is 16.2. The molecule has 0 unspecified atom stereocenters. The lowest BCUT2D eigenvalue weighted by atomic mass is 9.73. The molecule has 1 amide bonds. The lowest BCUT2D eigenvalue weighted by Crippen LogP contribution is -2.48. The number of benzene rings is 1. The summed E-state index contributed by atoms with van der Waals surface area (Å²) >= 11 is 0. The lowest BCUT2D eigenvalue weighted by Gasteiger charge is -2.39. The molecule has 2 aliphatic rings. The zero-order valence-electron chi connectivity index (χ0n) is 15.8. The number of para-hydroxylation sites is 1. The number of fused-ring (bicyclic) bond motifs is 3. The Hall–Kier alpha value is -2.96. The highest BCUT2D eigenvalue weighted by molar-refractivity contribution is 6.08. The number of carbonyl (C=O) groups excluding carboxylic acids is 1. The quantitative estimate of drug-likeness (QED) is 0.664. The molecule has 1 aromatic carbocycles. The summed E-state index contributed by atoms with van der Waals surface area (Å²) in [4.78, 5) is 26.4. The number of anilines is 2. The van der Waals surface area contributed by atoms with Crippen molar-refractivity contribution in [1.29, 1.82) is 0 Å². The van der Waals surface area contributed by atoms with Crippen LogP contribution in [0.4, 0.5) is 11.5 Å². The average Bonchev–Trinajstić information content (AvgIpc) is 3.15. The van der Waals surface area contributed by atoms with Gasteiger partial charge in [0.1, 0.15) is 11.6 Å². The Morgan fingerprint density at radius 1 is 1.07 bits per heavy atom. The highest BCUT2D eigenvalue weighted by Crippen LogP contribution is 2.47. The van der Waals surface area contributed by atoms with E-state index in [1.807, 2.05) is 50.3 Å². The van der Waals surface area contributed by atoms with E-state index in [1.165, 1.54) is 5.56 Å². The van der Waals surface area contributed by atoms with Gasteiger partial charge in [-0.05, 0) is 31.4 Å². The molecule has 2 aromatic heterocycles. The Kier molecular flexibility index (Phi) is 3.32. The van der Waals surface area contributed by atoms with Crippen molar-refractivity contribution in [3.05, 3.63) is 41.9 Å². The minimum absolute atomic E-state index is 0.216. The number of aromatic nitrogens is 4. The largest absolute Gasteiger partial charge is 0.356 e. The van der Waals surface area contributed by atoms with Gasteiger partial charge in [0.05, 0.1) is 17.0 Å². The topological polar surface area (TPSA) is 67.2 Å². The van der Waals surface area contributed by atoms with Crippen LogP contribution in [0.25, 0.3) is 11.0 Å². The van der Waals surface area contributed by atoms with Gasteiger partial charge in [0.15, 0.2) is 5.65 Å². The van der Waals surface area contributed by atoms with E-state index in [1.54, 1.807) is 4.68 Å². The Morgan fingerprint density at radius 3 is 2.59 bits per heavy atom. The SMILES string of the molecule is Cc1nc(N2CCC3(CC2)C(=O)N(C)c2ccccc23)c2cnn(C)c2n1. The molecule has 138 valence electrons. The third-order valence-electron chi connectivity index (χ3n) is 6.10. The second kappa shape index (κ2) is 5.52. The molecule has 0 bridgehead atoms. The van der Waals surface area contributed by atoms with E-state index in [4.69, 9.17) is 4.98 Å². The van der Waals surface area contributed by atoms with Crippen LogP contribution in [0.15, 0.2) is 30.5 Å². The number of likely N-dealkylation sites (N-methyl/N-ethyl adjacent to an activating group) is 1. The number of piperidine rings is 1. The number of carbonyl (C=O) groups is 1. The van der Waals surface area contributed by atoms with E-state index in [9.17, 15) is 4.79 Å². The molecule has 5 rings (SSSR count). The Bertz CT molecular complexity index is 1060. The predicted octanol–water partition coefficient (Wildman–Crippen LogP) is 2.19. The van der Waals surface area contributed by atoms with Gasteiger partial charge in [-0.15, -0.1) is 0 Å². The molecule has 7 nitrogen and oxygen atoms in total. The maximum absolute atomic E-state index is 13.1. The van der Waals surface area contributed by atoms with Gasteiger partial charge < -0.3 is 9.80 Å². The summed E-state index contributed by atoms with van der Waals surface area (Å²) in [6.07, 6.45) is 3.41. The van der Waals surface area contributed by atoms with Gasteiger partial charge in [-0.3, -0.25) is 9.48 Å². The number of rotatable bonds is 1. The van der Waals surface area contributed by atoms with Gasteiger partial charge in [0.25, 0.3) is 0 Å². The third-order valence-corrected chi connectivity index (χ3v) is 6.10. The van der Waals surface area contributed by atoms with Gasteiger partial charge in [-0.25, -0.2) is 9.97 Å². The summed E-state index contributed by atoms with van der Waals surface area (Å²) in [5.74, 6) is 1.88. The predicted molar refractivity (Wildman–Crippen MR) is 104 cm³/mol. The number of aryl methyl sites for hydroxylation is 2. The summed E-state index contributed by atoms with van der Waals surface area (Å²) in [6.45, 7) is 3.48. The van der Waals surface area contributed by atoms with Crippen LogP contribution < -0.4 is 9.80 Å². The first-order chi connectivity index (χ1) is 13.0. The van der Waals surface area contributed by atoms with Crippen LogP contribution in [0, 0.1) is 6.92 Å². The zero-order chi connectivity index (χ0) is 18.8. The summed E-state index contributed by atoms with van der Waals surface area (Å²) in [5, 5.41) is 5.31. The van der Waals surface area contributed by atoms with Crippen LogP contribution in [0.2, 0.25) is 0 Å². The van der Waals surface area contributed by atoms with E-state index in [0.717, 1.165) is 54.3 Å². The van der Waals surface area contributed by atoms with E-state index in [2.05, 4.69) is 21.0 Å². The molecule has 4 heterocycles. The second-order valence-corrected chi connectivity index (χ2v) is 7.55. The van der Waals surface area contributed by atoms with Crippen LogP contribution in [-0.4, -0.2) is 45.8 Å². The standard InChI is InChI=1S/C20H22N6O/c1-13-22-17-14(12-21-25(17)3)18(23-13)26-10-8-20(9-11-26)15-6-4-5-7-16(15)24(2)19(20)27/h4-7,12H,8-11H2,1-3H3. The van der Waals surface area contributed by atoms with Crippen molar-refractivity contribution >= 4 is 28.4 Å². The van der Waals surface area contributed by atoms with E-state index >= 15 is 0 Å². The molecule has 1 fully saturated rings. The van der Waals surface area contributed by atoms with Gasteiger partial charge in [-0.1, -0.05) is 18.2 Å². The maximum atomic E-state index is 13.1. The Morgan fingerprint density at radius 2 is 1.81 bits per heavy atom. The zero-order valence-corrected chi connectivity index (χ0v) is 15.8. The molecule has 7 heteroatoms. The van der Waals surface area contributed by atoms with Gasteiger partial charge in [0, 0.05) is 32.9 Å². The van der Waals surface area contributed by atoms with Crippen LogP contribution >= 0.6 is 0 Å². The van der Waals surface area contributed by atoms with E-state index < -0.39 is 5.41 Å². The van der Waals surface area contributed by atoms with Crippen LogP contribution in [0.5, 0.6) is 0 Å². The molecular weight excluding hydrogens is 340 g/mol. The second-order valence-electron chi connectivity index (χ2n) is 7.55. The molecule has 1 saturated heterocycles. The van der Waals surface area contributed by atoms with E-state index in [-0.39, 0.29) is 5.91 Å². The number of nitrogens with zero attached hydrogens (tertiary/aromatic N) is 6. The van der Waals surface area contributed by atoms with Crippen molar-refractivity contribution in [2.75, 3.05) is 29.9 Å². The normalized spacial score (nSPS) is 18.6. The van der Waals surface area contributed by atoms with Crippen LogP contribution in [0.1, 0.15) is 24.2 Å². The smallest absolute Gasteiger partial charge is 0.237 e. The Balaban J connectivity index is 1.51. The molecule has 0 atom stereocenters. The summed E-state index contributed by atoms with van der Waals surface area (Å²) in [6, 6.07) is 8.19. The highest BCUT2D eigenvalue weighted by Gasteiger charge is 2.51. The molecular formula is C20H22N6O. The van der Waals surface area contributed by atoms with E-state index in [0.29, 0.717) is 0 Å². The molecule has 2 aliphatic heterocycles. The average molecular weight is 362 g/mol. The van der Waals surface area contributed by atoms with Gasteiger partial charge in [0.2, 0.25) is 5.91 Å². The molecule has 3 aromatic rings. The molecule has 1 spiro atoms. The molecule has 0 radical (unpaired) electrons. The van der Waals surface area contributed by atoms with Crippen LogP contribution in [0.3, 0.4) is 0 Å². The minimum Gasteiger partial charge on any atom is -0.356 e. The monoisotopic (exact) mass is 362 g/mol. The maximum Gasteiger partial charge on any atom is 0.237 e. The molecule has 0 aliphatic carbocycles. The summed E-state index contributed by atoms with van der Waals surface area (Å²) in [7, 11) is 3.78. The third kappa shape index (κ3) is 2.14. The van der Waals surface area contributed by atoms with Crippen molar-refractivity contribution in [1.82, 2.24) is 19.7 Å². The fourth-order valence-corrected chi connectivity index (χ4v) is 4.65. The molecule has 0 N–H and O–H groups in total.